The van der Waals surface area contributed by atoms with Crippen molar-refractivity contribution in [2.45, 2.75) is 6.42 Å². The largest absolute Gasteiger partial charge is 0.496 e. The summed E-state index contributed by atoms with van der Waals surface area (Å²) in [4.78, 5) is 0. The lowest BCUT2D eigenvalue weighted by atomic mass is 10.1. The van der Waals surface area contributed by atoms with Gasteiger partial charge in [0.05, 0.1) is 7.11 Å². The Balaban J connectivity index is 3.01. The molecule has 0 spiro atoms. The summed E-state index contributed by atoms with van der Waals surface area (Å²) in [6.07, 6.45) is 2.64. The molecular formula is C10H11ClO. The van der Waals surface area contributed by atoms with E-state index in [0.29, 0.717) is 5.02 Å². The number of methoxy groups -OCH3 is 1. The van der Waals surface area contributed by atoms with Crippen molar-refractivity contribution in [2.75, 3.05) is 7.11 Å². The van der Waals surface area contributed by atoms with Crippen LogP contribution in [-0.4, -0.2) is 7.11 Å². The summed E-state index contributed by atoms with van der Waals surface area (Å²) < 4.78 is 5.15. The second kappa shape index (κ2) is 4.17. The van der Waals surface area contributed by atoms with Crippen molar-refractivity contribution in [1.82, 2.24) is 0 Å². The van der Waals surface area contributed by atoms with Crippen LogP contribution in [0.4, 0.5) is 0 Å². The number of rotatable bonds is 3. The van der Waals surface area contributed by atoms with Crippen LogP contribution in [0.15, 0.2) is 30.9 Å². The number of ether oxygens (including phenoxy) is 1. The van der Waals surface area contributed by atoms with E-state index < -0.39 is 0 Å². The molecule has 0 N–H and O–H groups in total. The van der Waals surface area contributed by atoms with E-state index in [4.69, 9.17) is 16.3 Å². The molecule has 1 aromatic carbocycles. The molecule has 0 amide bonds. The van der Waals surface area contributed by atoms with Crippen LogP contribution in [0.1, 0.15) is 5.56 Å². The minimum atomic E-state index is 0.694. The third-order valence-electron chi connectivity index (χ3n) is 1.61. The smallest absolute Gasteiger partial charge is 0.123 e. The van der Waals surface area contributed by atoms with Gasteiger partial charge in [0.1, 0.15) is 5.75 Å². The summed E-state index contributed by atoms with van der Waals surface area (Å²) >= 11 is 5.79. The first-order chi connectivity index (χ1) is 5.77. The first-order valence-corrected chi connectivity index (χ1v) is 4.09. The molecule has 0 unspecified atom stereocenters. The van der Waals surface area contributed by atoms with E-state index in [-0.39, 0.29) is 0 Å². The first kappa shape index (κ1) is 9.14. The molecule has 0 aliphatic rings. The zero-order valence-electron chi connectivity index (χ0n) is 7.01. The lowest BCUT2D eigenvalue weighted by Gasteiger charge is -2.05. The second-order valence-corrected chi connectivity index (χ2v) is 2.89. The Morgan fingerprint density at radius 3 is 2.92 bits per heavy atom. The molecule has 0 bridgehead atoms. The van der Waals surface area contributed by atoms with E-state index >= 15 is 0 Å². The highest BCUT2D eigenvalue weighted by Crippen LogP contribution is 2.23. The Morgan fingerprint density at radius 1 is 1.58 bits per heavy atom. The van der Waals surface area contributed by atoms with E-state index in [2.05, 4.69) is 6.58 Å². The molecule has 0 heterocycles. The maximum Gasteiger partial charge on any atom is 0.123 e. The van der Waals surface area contributed by atoms with Gasteiger partial charge in [-0.2, -0.15) is 0 Å². The SMILES string of the molecule is C=CCc1ccc(Cl)cc1OC. The Bertz CT molecular complexity index is 281. The van der Waals surface area contributed by atoms with Crippen molar-refractivity contribution < 1.29 is 4.74 Å². The predicted octanol–water partition coefficient (Wildman–Crippen LogP) is 3.08. The summed E-state index contributed by atoms with van der Waals surface area (Å²) in [7, 11) is 1.64. The summed E-state index contributed by atoms with van der Waals surface area (Å²) in [6.45, 7) is 3.67. The fourth-order valence-electron chi connectivity index (χ4n) is 1.04. The van der Waals surface area contributed by atoms with Gasteiger partial charge in [-0.3, -0.25) is 0 Å². The molecule has 0 saturated heterocycles. The molecule has 1 nitrogen and oxygen atoms in total. The van der Waals surface area contributed by atoms with E-state index in [1.807, 2.05) is 18.2 Å². The fraction of sp³-hybridized carbons (Fsp3) is 0.200. The lowest BCUT2D eigenvalue weighted by Crippen LogP contribution is -1.89. The van der Waals surface area contributed by atoms with Gasteiger partial charge in [-0.15, -0.1) is 6.58 Å². The first-order valence-electron chi connectivity index (χ1n) is 3.71. The van der Waals surface area contributed by atoms with Gasteiger partial charge in [0.25, 0.3) is 0 Å². The molecule has 0 saturated carbocycles. The highest BCUT2D eigenvalue weighted by molar-refractivity contribution is 6.30. The van der Waals surface area contributed by atoms with E-state index in [9.17, 15) is 0 Å². The molecule has 1 aromatic rings. The van der Waals surface area contributed by atoms with Gasteiger partial charge in [-0.1, -0.05) is 23.7 Å². The molecule has 0 aliphatic heterocycles. The third kappa shape index (κ3) is 2.02. The van der Waals surface area contributed by atoms with Crippen molar-refractivity contribution in [3.63, 3.8) is 0 Å². The molecular weight excluding hydrogens is 172 g/mol. The number of hydrogen-bond acceptors (Lipinski definition) is 1. The molecule has 2 heteroatoms. The molecule has 1 rings (SSSR count). The van der Waals surface area contributed by atoms with Gasteiger partial charge in [-0.05, 0) is 24.1 Å². The van der Waals surface area contributed by atoms with Gasteiger partial charge in [-0.25, -0.2) is 0 Å². The van der Waals surface area contributed by atoms with Gasteiger partial charge in [0.2, 0.25) is 0 Å². The van der Waals surface area contributed by atoms with E-state index in [0.717, 1.165) is 17.7 Å². The molecule has 64 valence electrons. The summed E-state index contributed by atoms with van der Waals surface area (Å²) in [5.41, 5.74) is 1.11. The molecule has 0 aromatic heterocycles. The number of allylic oxidation sites excluding steroid dienone is 1. The van der Waals surface area contributed by atoms with Gasteiger partial charge >= 0.3 is 0 Å². The average molecular weight is 183 g/mol. The van der Waals surface area contributed by atoms with Crippen LogP contribution in [0.2, 0.25) is 5.02 Å². The van der Waals surface area contributed by atoms with E-state index in [1.165, 1.54) is 0 Å². The molecule has 0 fully saturated rings. The van der Waals surface area contributed by atoms with Crippen LogP contribution in [0.3, 0.4) is 0 Å². The Labute approximate surface area is 77.6 Å². The molecule has 0 atom stereocenters. The molecule has 0 aliphatic carbocycles. The maximum atomic E-state index is 5.79. The average Bonchev–Trinajstić information content (AvgIpc) is 2.08. The predicted molar refractivity (Wildman–Crippen MR) is 51.9 cm³/mol. The fourth-order valence-corrected chi connectivity index (χ4v) is 1.20. The van der Waals surface area contributed by atoms with Crippen LogP contribution in [0, 0.1) is 0 Å². The third-order valence-corrected chi connectivity index (χ3v) is 1.85. The van der Waals surface area contributed by atoms with Crippen molar-refractivity contribution in [1.29, 1.82) is 0 Å². The Kier molecular flexibility index (Phi) is 3.18. The van der Waals surface area contributed by atoms with Crippen LogP contribution >= 0.6 is 11.6 Å². The van der Waals surface area contributed by atoms with Crippen molar-refractivity contribution >= 4 is 11.6 Å². The minimum Gasteiger partial charge on any atom is -0.496 e. The highest BCUT2D eigenvalue weighted by Gasteiger charge is 2.00. The quantitative estimate of drug-likeness (QED) is 0.653. The zero-order valence-corrected chi connectivity index (χ0v) is 7.77. The maximum absolute atomic E-state index is 5.79. The van der Waals surface area contributed by atoms with Crippen LogP contribution in [0.5, 0.6) is 5.75 Å². The minimum absolute atomic E-state index is 0.694. The van der Waals surface area contributed by atoms with E-state index in [1.54, 1.807) is 13.2 Å². The van der Waals surface area contributed by atoms with Crippen molar-refractivity contribution in [3.8, 4) is 5.75 Å². The lowest BCUT2D eigenvalue weighted by molar-refractivity contribution is 0.411. The van der Waals surface area contributed by atoms with Gasteiger partial charge < -0.3 is 4.74 Å². The second-order valence-electron chi connectivity index (χ2n) is 2.45. The van der Waals surface area contributed by atoms with Crippen LogP contribution < -0.4 is 4.74 Å². The molecule has 12 heavy (non-hydrogen) atoms. The van der Waals surface area contributed by atoms with Crippen molar-refractivity contribution in [2.24, 2.45) is 0 Å². The number of halogens is 1. The standard InChI is InChI=1S/C10H11ClO/c1-3-4-8-5-6-9(11)7-10(8)12-2/h3,5-7H,1,4H2,2H3. The summed E-state index contributed by atoms with van der Waals surface area (Å²) in [5, 5.41) is 0.694. The topological polar surface area (TPSA) is 9.23 Å². The number of hydrogen-bond donors (Lipinski definition) is 0. The Morgan fingerprint density at radius 2 is 2.33 bits per heavy atom. The summed E-state index contributed by atoms with van der Waals surface area (Å²) in [6, 6.07) is 5.60. The summed E-state index contributed by atoms with van der Waals surface area (Å²) in [5.74, 6) is 0.822. The highest BCUT2D eigenvalue weighted by atomic mass is 35.5. The molecule has 0 radical (unpaired) electrons. The monoisotopic (exact) mass is 182 g/mol. The van der Waals surface area contributed by atoms with Gasteiger partial charge in [0, 0.05) is 5.02 Å². The zero-order chi connectivity index (χ0) is 8.97. The van der Waals surface area contributed by atoms with Crippen molar-refractivity contribution in [3.05, 3.63) is 41.4 Å². The van der Waals surface area contributed by atoms with Crippen LogP contribution in [-0.2, 0) is 6.42 Å². The van der Waals surface area contributed by atoms with Crippen LogP contribution in [0.25, 0.3) is 0 Å². The Hall–Kier alpha value is -0.950. The number of benzene rings is 1. The normalized spacial score (nSPS) is 9.50. The van der Waals surface area contributed by atoms with Gasteiger partial charge in [0.15, 0.2) is 0 Å².